The van der Waals surface area contributed by atoms with E-state index in [4.69, 9.17) is 4.74 Å². The monoisotopic (exact) mass is 269 g/mol. The van der Waals surface area contributed by atoms with Gasteiger partial charge in [0.2, 0.25) is 0 Å². The van der Waals surface area contributed by atoms with Gasteiger partial charge in [-0.2, -0.15) is 0 Å². The van der Waals surface area contributed by atoms with Crippen LogP contribution in [0.4, 0.5) is 4.39 Å². The number of rotatable bonds is 6. The van der Waals surface area contributed by atoms with Crippen LogP contribution in [-0.4, -0.2) is 38.7 Å². The molecule has 1 atom stereocenters. The summed E-state index contributed by atoms with van der Waals surface area (Å²) in [6, 6.07) is 4.85. The minimum absolute atomic E-state index is 0.210. The predicted octanol–water partition coefficient (Wildman–Crippen LogP) is 2.08. The summed E-state index contributed by atoms with van der Waals surface area (Å²) in [6.45, 7) is 2.92. The number of benzene rings is 1. The van der Waals surface area contributed by atoms with Crippen molar-refractivity contribution in [3.63, 3.8) is 0 Å². The van der Waals surface area contributed by atoms with Gasteiger partial charge >= 0.3 is 5.97 Å². The summed E-state index contributed by atoms with van der Waals surface area (Å²) in [6.07, 6.45) is 0. The highest BCUT2D eigenvalue weighted by molar-refractivity contribution is 5.72. The first-order valence-corrected chi connectivity index (χ1v) is 6.06. The Morgan fingerprint density at radius 2 is 2.11 bits per heavy atom. The van der Waals surface area contributed by atoms with Crippen molar-refractivity contribution >= 4 is 5.97 Å². The third-order valence-electron chi connectivity index (χ3n) is 2.86. The summed E-state index contributed by atoms with van der Waals surface area (Å²) in [4.78, 5) is 13.3. The Balaban J connectivity index is 2.59. The minimum Gasteiger partial charge on any atom is -0.494 e. The van der Waals surface area contributed by atoms with E-state index in [1.54, 1.807) is 19.1 Å². The molecule has 0 aromatic heterocycles. The van der Waals surface area contributed by atoms with Gasteiger partial charge in [-0.1, -0.05) is 13.0 Å². The van der Waals surface area contributed by atoms with E-state index in [2.05, 4.69) is 4.74 Å². The molecule has 0 amide bonds. The maximum atomic E-state index is 13.5. The second-order valence-electron chi connectivity index (χ2n) is 4.59. The van der Waals surface area contributed by atoms with Crippen LogP contribution in [0.15, 0.2) is 18.2 Å². The molecule has 0 aliphatic carbocycles. The van der Waals surface area contributed by atoms with Gasteiger partial charge < -0.3 is 14.4 Å². The number of carbonyl (C=O) groups excluding carboxylic acids is 1. The summed E-state index contributed by atoms with van der Waals surface area (Å²) in [5.41, 5.74) is 0.831. The lowest BCUT2D eigenvalue weighted by molar-refractivity contribution is -0.145. The van der Waals surface area contributed by atoms with E-state index in [0.717, 1.165) is 5.56 Å². The number of hydrogen-bond acceptors (Lipinski definition) is 4. The van der Waals surface area contributed by atoms with Gasteiger partial charge in [-0.05, 0) is 24.7 Å². The topological polar surface area (TPSA) is 38.8 Å². The predicted molar refractivity (Wildman–Crippen MR) is 70.5 cm³/mol. The molecule has 0 aliphatic heterocycles. The van der Waals surface area contributed by atoms with Gasteiger partial charge in [0.1, 0.15) is 0 Å². The van der Waals surface area contributed by atoms with Crippen LogP contribution in [0.25, 0.3) is 0 Å². The zero-order chi connectivity index (χ0) is 14.4. The van der Waals surface area contributed by atoms with Crippen molar-refractivity contribution in [3.05, 3.63) is 29.6 Å². The molecular formula is C14H20FNO3. The molecule has 0 saturated carbocycles. The van der Waals surface area contributed by atoms with E-state index in [0.29, 0.717) is 13.1 Å². The number of carbonyl (C=O) groups is 1. The Hall–Kier alpha value is -1.62. The SMILES string of the molecule is COC(=O)C(C)CN(C)Cc1ccc(OC)c(F)c1. The maximum absolute atomic E-state index is 13.5. The molecule has 0 aliphatic rings. The zero-order valence-electron chi connectivity index (χ0n) is 11.8. The second kappa shape index (κ2) is 7.09. The Morgan fingerprint density at radius 3 is 2.63 bits per heavy atom. The Kier molecular flexibility index (Phi) is 5.76. The van der Waals surface area contributed by atoms with Crippen LogP contribution in [0.3, 0.4) is 0 Å². The van der Waals surface area contributed by atoms with Gasteiger partial charge in [0.25, 0.3) is 0 Å². The molecule has 0 N–H and O–H groups in total. The van der Waals surface area contributed by atoms with Crippen molar-refractivity contribution in [3.8, 4) is 5.75 Å². The van der Waals surface area contributed by atoms with Crippen molar-refractivity contribution in [2.45, 2.75) is 13.5 Å². The molecular weight excluding hydrogens is 249 g/mol. The molecule has 0 spiro atoms. The van der Waals surface area contributed by atoms with Crippen LogP contribution in [0, 0.1) is 11.7 Å². The van der Waals surface area contributed by atoms with Crippen molar-refractivity contribution < 1.29 is 18.7 Å². The van der Waals surface area contributed by atoms with Gasteiger partial charge in [0.05, 0.1) is 20.1 Å². The van der Waals surface area contributed by atoms with E-state index >= 15 is 0 Å². The Morgan fingerprint density at radius 1 is 1.42 bits per heavy atom. The minimum atomic E-state index is -0.380. The van der Waals surface area contributed by atoms with E-state index in [1.807, 2.05) is 11.9 Å². The Labute approximate surface area is 113 Å². The number of nitrogens with zero attached hydrogens (tertiary/aromatic N) is 1. The average molecular weight is 269 g/mol. The van der Waals surface area contributed by atoms with Gasteiger partial charge in [-0.25, -0.2) is 4.39 Å². The van der Waals surface area contributed by atoms with Crippen LogP contribution in [0.1, 0.15) is 12.5 Å². The molecule has 0 bridgehead atoms. The third-order valence-corrected chi connectivity index (χ3v) is 2.86. The van der Waals surface area contributed by atoms with Gasteiger partial charge in [0.15, 0.2) is 11.6 Å². The lowest BCUT2D eigenvalue weighted by atomic mass is 10.1. The molecule has 1 rings (SSSR count). The average Bonchev–Trinajstić information content (AvgIpc) is 2.37. The van der Waals surface area contributed by atoms with Crippen LogP contribution in [-0.2, 0) is 16.1 Å². The number of methoxy groups -OCH3 is 2. The molecule has 106 valence electrons. The quantitative estimate of drug-likeness (QED) is 0.741. The van der Waals surface area contributed by atoms with Crippen LogP contribution < -0.4 is 4.74 Å². The van der Waals surface area contributed by atoms with Crippen molar-refractivity contribution in [1.82, 2.24) is 4.90 Å². The largest absolute Gasteiger partial charge is 0.494 e. The molecule has 1 unspecified atom stereocenters. The molecule has 0 radical (unpaired) electrons. The molecule has 0 fully saturated rings. The van der Waals surface area contributed by atoms with E-state index in [9.17, 15) is 9.18 Å². The first-order chi connectivity index (χ1) is 8.97. The normalized spacial score (nSPS) is 12.3. The van der Waals surface area contributed by atoms with Crippen LogP contribution >= 0.6 is 0 Å². The summed E-state index contributed by atoms with van der Waals surface area (Å²) in [7, 11) is 4.68. The van der Waals surface area contributed by atoms with Crippen molar-refractivity contribution in [2.24, 2.45) is 5.92 Å². The number of esters is 1. The fraction of sp³-hybridized carbons (Fsp3) is 0.500. The van der Waals surface area contributed by atoms with E-state index < -0.39 is 0 Å². The summed E-state index contributed by atoms with van der Waals surface area (Å²) >= 11 is 0. The molecule has 0 saturated heterocycles. The van der Waals surface area contributed by atoms with Crippen LogP contribution in [0.2, 0.25) is 0 Å². The first-order valence-electron chi connectivity index (χ1n) is 6.06. The highest BCUT2D eigenvalue weighted by Crippen LogP contribution is 2.18. The summed E-state index contributed by atoms with van der Waals surface area (Å²) < 4.78 is 23.1. The molecule has 5 heteroatoms. The van der Waals surface area contributed by atoms with Crippen molar-refractivity contribution in [1.29, 1.82) is 0 Å². The van der Waals surface area contributed by atoms with Crippen LogP contribution in [0.5, 0.6) is 5.75 Å². The molecule has 19 heavy (non-hydrogen) atoms. The number of halogens is 1. The first kappa shape index (κ1) is 15.4. The van der Waals surface area contributed by atoms with Gasteiger partial charge in [0, 0.05) is 13.1 Å². The maximum Gasteiger partial charge on any atom is 0.309 e. The van der Waals surface area contributed by atoms with E-state index in [-0.39, 0.29) is 23.5 Å². The second-order valence-corrected chi connectivity index (χ2v) is 4.59. The third kappa shape index (κ3) is 4.52. The van der Waals surface area contributed by atoms with Gasteiger partial charge in [-0.15, -0.1) is 0 Å². The number of ether oxygens (including phenoxy) is 2. The highest BCUT2D eigenvalue weighted by atomic mass is 19.1. The fourth-order valence-corrected chi connectivity index (χ4v) is 1.93. The fourth-order valence-electron chi connectivity index (χ4n) is 1.93. The summed E-state index contributed by atoms with van der Waals surface area (Å²) in [5, 5.41) is 0. The highest BCUT2D eigenvalue weighted by Gasteiger charge is 2.15. The Bertz CT molecular complexity index is 437. The zero-order valence-corrected chi connectivity index (χ0v) is 11.8. The lowest BCUT2D eigenvalue weighted by Crippen LogP contribution is -2.29. The number of hydrogen-bond donors (Lipinski definition) is 0. The lowest BCUT2D eigenvalue weighted by Gasteiger charge is -2.20. The molecule has 0 heterocycles. The standard InChI is InChI=1S/C14H20FNO3/c1-10(14(17)19-4)8-16(2)9-11-5-6-13(18-3)12(15)7-11/h5-7,10H,8-9H2,1-4H3. The molecule has 1 aromatic rings. The smallest absolute Gasteiger partial charge is 0.309 e. The van der Waals surface area contributed by atoms with E-state index in [1.165, 1.54) is 20.3 Å². The van der Waals surface area contributed by atoms with Gasteiger partial charge in [-0.3, -0.25) is 4.79 Å². The van der Waals surface area contributed by atoms with Crippen molar-refractivity contribution in [2.75, 3.05) is 27.8 Å². The molecule has 1 aromatic carbocycles. The molecule has 4 nitrogen and oxygen atoms in total. The summed E-state index contributed by atoms with van der Waals surface area (Å²) in [5.74, 6) is -0.602.